The van der Waals surface area contributed by atoms with Gasteiger partial charge < -0.3 is 5.11 Å². The van der Waals surface area contributed by atoms with Crippen LogP contribution in [0.4, 0.5) is 4.39 Å². The minimum atomic E-state index is -3.77. The number of hydrogen-bond acceptors (Lipinski definition) is 3. The monoisotopic (exact) mass is 309 g/mol. The molecule has 6 heteroatoms. The quantitative estimate of drug-likeness (QED) is 0.888. The van der Waals surface area contributed by atoms with Crippen molar-refractivity contribution in [2.24, 2.45) is 0 Å². The molecule has 0 amide bonds. The SMILES string of the molecule is O=S(=O)(c1ccc(F)cc1)N(CCO)Cc1ccccc1. The Morgan fingerprint density at radius 1 is 1.00 bits per heavy atom. The molecule has 0 aromatic heterocycles. The molecule has 0 unspecified atom stereocenters. The van der Waals surface area contributed by atoms with Crippen molar-refractivity contribution in [1.82, 2.24) is 4.31 Å². The molecule has 0 heterocycles. The molecule has 0 atom stereocenters. The molecule has 0 fully saturated rings. The van der Waals surface area contributed by atoms with Crippen LogP contribution in [0.25, 0.3) is 0 Å². The number of rotatable bonds is 6. The molecule has 0 saturated heterocycles. The molecule has 2 aromatic rings. The van der Waals surface area contributed by atoms with E-state index in [0.29, 0.717) is 0 Å². The summed E-state index contributed by atoms with van der Waals surface area (Å²) in [5.41, 5.74) is 0.816. The summed E-state index contributed by atoms with van der Waals surface area (Å²) >= 11 is 0. The highest BCUT2D eigenvalue weighted by molar-refractivity contribution is 7.89. The van der Waals surface area contributed by atoms with Gasteiger partial charge in [-0.25, -0.2) is 12.8 Å². The van der Waals surface area contributed by atoms with E-state index in [0.717, 1.165) is 17.7 Å². The predicted octanol–water partition coefficient (Wildman–Crippen LogP) is 2.01. The lowest BCUT2D eigenvalue weighted by molar-refractivity contribution is 0.251. The van der Waals surface area contributed by atoms with E-state index in [4.69, 9.17) is 5.11 Å². The first kappa shape index (κ1) is 15.6. The van der Waals surface area contributed by atoms with E-state index in [9.17, 15) is 12.8 Å². The van der Waals surface area contributed by atoms with Crippen molar-refractivity contribution >= 4 is 10.0 Å². The summed E-state index contributed by atoms with van der Waals surface area (Å²) in [6.07, 6.45) is 0. The lowest BCUT2D eigenvalue weighted by atomic mass is 10.2. The minimum Gasteiger partial charge on any atom is -0.395 e. The number of aliphatic hydroxyl groups excluding tert-OH is 1. The molecule has 0 radical (unpaired) electrons. The molecule has 21 heavy (non-hydrogen) atoms. The highest BCUT2D eigenvalue weighted by Gasteiger charge is 2.24. The fraction of sp³-hybridized carbons (Fsp3) is 0.200. The summed E-state index contributed by atoms with van der Waals surface area (Å²) in [4.78, 5) is 0.00767. The van der Waals surface area contributed by atoms with Gasteiger partial charge in [0.15, 0.2) is 0 Å². The Morgan fingerprint density at radius 3 is 2.19 bits per heavy atom. The van der Waals surface area contributed by atoms with Crippen LogP contribution < -0.4 is 0 Å². The number of benzene rings is 2. The van der Waals surface area contributed by atoms with Gasteiger partial charge in [-0.2, -0.15) is 4.31 Å². The molecule has 2 rings (SSSR count). The van der Waals surface area contributed by atoms with Crippen LogP contribution in [-0.2, 0) is 16.6 Å². The average molecular weight is 309 g/mol. The molecule has 0 spiro atoms. The van der Waals surface area contributed by atoms with E-state index in [1.165, 1.54) is 16.4 Å². The van der Waals surface area contributed by atoms with E-state index in [1.54, 1.807) is 0 Å². The van der Waals surface area contributed by atoms with Crippen molar-refractivity contribution in [3.05, 3.63) is 66.0 Å². The Bertz CT molecular complexity index is 672. The van der Waals surface area contributed by atoms with Crippen molar-refractivity contribution in [3.63, 3.8) is 0 Å². The Balaban J connectivity index is 2.30. The zero-order valence-corrected chi connectivity index (χ0v) is 12.1. The summed E-state index contributed by atoms with van der Waals surface area (Å²) in [7, 11) is -3.77. The number of aliphatic hydroxyl groups is 1. The lowest BCUT2D eigenvalue weighted by Gasteiger charge is -2.21. The second-order valence-corrected chi connectivity index (χ2v) is 6.44. The highest BCUT2D eigenvalue weighted by atomic mass is 32.2. The van der Waals surface area contributed by atoms with Crippen LogP contribution in [0.1, 0.15) is 5.56 Å². The molecule has 4 nitrogen and oxygen atoms in total. The maximum absolute atomic E-state index is 12.9. The summed E-state index contributed by atoms with van der Waals surface area (Å²) in [5.74, 6) is -0.495. The number of sulfonamides is 1. The Kier molecular flexibility index (Phi) is 5.06. The first-order valence-corrected chi connectivity index (χ1v) is 7.88. The van der Waals surface area contributed by atoms with Gasteiger partial charge in [-0.3, -0.25) is 0 Å². The van der Waals surface area contributed by atoms with E-state index in [-0.39, 0.29) is 24.6 Å². The van der Waals surface area contributed by atoms with Crippen molar-refractivity contribution in [2.75, 3.05) is 13.2 Å². The number of hydrogen-bond donors (Lipinski definition) is 1. The molecular weight excluding hydrogens is 293 g/mol. The molecule has 0 aliphatic rings. The third-order valence-electron chi connectivity index (χ3n) is 3.00. The van der Waals surface area contributed by atoms with Crippen molar-refractivity contribution in [1.29, 1.82) is 0 Å². The molecule has 0 aliphatic carbocycles. The molecule has 0 bridgehead atoms. The third-order valence-corrected chi connectivity index (χ3v) is 4.86. The van der Waals surface area contributed by atoms with Crippen LogP contribution in [-0.4, -0.2) is 31.0 Å². The smallest absolute Gasteiger partial charge is 0.243 e. The second-order valence-electron chi connectivity index (χ2n) is 4.50. The van der Waals surface area contributed by atoms with Gasteiger partial charge in [-0.1, -0.05) is 30.3 Å². The van der Waals surface area contributed by atoms with Gasteiger partial charge in [-0.15, -0.1) is 0 Å². The van der Waals surface area contributed by atoms with Crippen molar-refractivity contribution in [2.45, 2.75) is 11.4 Å². The number of halogens is 1. The molecular formula is C15H16FNO3S. The van der Waals surface area contributed by atoms with Crippen LogP contribution in [0.5, 0.6) is 0 Å². The van der Waals surface area contributed by atoms with Gasteiger partial charge in [0.2, 0.25) is 10.0 Å². The van der Waals surface area contributed by atoms with E-state index in [1.807, 2.05) is 30.3 Å². The van der Waals surface area contributed by atoms with Gasteiger partial charge in [0.1, 0.15) is 5.82 Å². The minimum absolute atomic E-state index is 0.00767. The fourth-order valence-corrected chi connectivity index (χ4v) is 3.36. The molecule has 112 valence electrons. The maximum atomic E-state index is 12.9. The van der Waals surface area contributed by atoms with Gasteiger partial charge in [0.05, 0.1) is 11.5 Å². The topological polar surface area (TPSA) is 57.6 Å². The fourth-order valence-electron chi connectivity index (χ4n) is 1.94. The van der Waals surface area contributed by atoms with E-state index in [2.05, 4.69) is 0 Å². The summed E-state index contributed by atoms with van der Waals surface area (Å²) in [6, 6.07) is 13.7. The first-order valence-electron chi connectivity index (χ1n) is 6.44. The van der Waals surface area contributed by atoms with Gasteiger partial charge in [0, 0.05) is 13.1 Å². The van der Waals surface area contributed by atoms with Crippen LogP contribution >= 0.6 is 0 Å². The Hall–Kier alpha value is -1.76. The largest absolute Gasteiger partial charge is 0.395 e. The number of nitrogens with zero attached hydrogens (tertiary/aromatic N) is 1. The maximum Gasteiger partial charge on any atom is 0.243 e. The molecule has 1 N–H and O–H groups in total. The molecule has 0 saturated carbocycles. The first-order chi connectivity index (χ1) is 10.0. The Labute approximate surface area is 123 Å². The summed E-state index contributed by atoms with van der Waals surface area (Å²) in [6.45, 7) is -0.150. The highest BCUT2D eigenvalue weighted by Crippen LogP contribution is 2.18. The average Bonchev–Trinajstić information content (AvgIpc) is 2.48. The lowest BCUT2D eigenvalue weighted by Crippen LogP contribution is -2.33. The predicted molar refractivity (Wildman–Crippen MR) is 77.5 cm³/mol. The molecule has 0 aliphatic heterocycles. The van der Waals surface area contributed by atoms with Crippen LogP contribution in [0.15, 0.2) is 59.5 Å². The van der Waals surface area contributed by atoms with Crippen LogP contribution in [0, 0.1) is 5.82 Å². The summed E-state index contributed by atoms with van der Waals surface area (Å²) < 4.78 is 39.2. The second kappa shape index (κ2) is 6.80. The van der Waals surface area contributed by atoms with Gasteiger partial charge in [0.25, 0.3) is 0 Å². The zero-order chi connectivity index (χ0) is 15.3. The van der Waals surface area contributed by atoms with Gasteiger partial charge >= 0.3 is 0 Å². The van der Waals surface area contributed by atoms with Crippen LogP contribution in [0.2, 0.25) is 0 Å². The van der Waals surface area contributed by atoms with Crippen LogP contribution in [0.3, 0.4) is 0 Å². The summed E-state index contributed by atoms with van der Waals surface area (Å²) in [5, 5.41) is 9.10. The third kappa shape index (κ3) is 3.87. The van der Waals surface area contributed by atoms with Crippen molar-refractivity contribution < 1.29 is 17.9 Å². The van der Waals surface area contributed by atoms with E-state index >= 15 is 0 Å². The van der Waals surface area contributed by atoms with E-state index < -0.39 is 15.8 Å². The van der Waals surface area contributed by atoms with Crippen molar-refractivity contribution in [3.8, 4) is 0 Å². The standard InChI is InChI=1S/C15H16FNO3S/c16-14-6-8-15(9-7-14)21(19,20)17(10-11-18)12-13-4-2-1-3-5-13/h1-9,18H,10-12H2. The van der Waals surface area contributed by atoms with Gasteiger partial charge in [-0.05, 0) is 29.8 Å². The molecule has 2 aromatic carbocycles. The Morgan fingerprint density at radius 2 is 1.62 bits per heavy atom. The normalized spacial score (nSPS) is 11.8. The zero-order valence-electron chi connectivity index (χ0n) is 11.3.